The highest BCUT2D eigenvalue weighted by Crippen LogP contribution is 2.33. The Balaban J connectivity index is 2.08. The normalized spacial score (nSPS) is 11.4. The number of benzene rings is 2. The average Bonchev–Trinajstić information content (AvgIpc) is 2.35. The molecular weight excluding hydrogens is 309 g/mol. The summed E-state index contributed by atoms with van der Waals surface area (Å²) < 4.78 is 0.221. The van der Waals surface area contributed by atoms with E-state index in [9.17, 15) is 0 Å². The number of hydrogen-bond donors (Lipinski definition) is 1. The van der Waals surface area contributed by atoms with Crippen molar-refractivity contribution in [3.8, 4) is 0 Å². The van der Waals surface area contributed by atoms with Gasteiger partial charge in [-0.05, 0) is 42.5 Å². The Bertz CT molecular complexity index is 588. The molecular formula is C16H17Cl2NS. The van der Waals surface area contributed by atoms with Crippen molar-refractivity contribution in [3.05, 3.63) is 52.5 Å². The van der Waals surface area contributed by atoms with Gasteiger partial charge in [0, 0.05) is 21.0 Å². The molecule has 2 aromatic rings. The number of rotatable bonds is 3. The molecule has 0 amide bonds. The van der Waals surface area contributed by atoms with Gasteiger partial charge in [-0.1, -0.05) is 44.0 Å². The first kappa shape index (κ1) is 15.6. The highest BCUT2D eigenvalue weighted by Gasteiger charge is 2.11. The second kappa shape index (κ2) is 6.30. The quantitative estimate of drug-likeness (QED) is 0.635. The van der Waals surface area contributed by atoms with Crippen molar-refractivity contribution < 1.29 is 0 Å². The first-order valence-corrected chi connectivity index (χ1v) is 7.92. The van der Waals surface area contributed by atoms with Crippen molar-refractivity contribution in [2.45, 2.75) is 30.4 Å². The van der Waals surface area contributed by atoms with Crippen LogP contribution in [0.4, 0.5) is 11.4 Å². The lowest BCUT2D eigenvalue weighted by Gasteiger charge is -2.17. The van der Waals surface area contributed by atoms with Gasteiger partial charge in [-0.3, -0.25) is 0 Å². The Kier molecular flexibility index (Phi) is 4.90. The molecule has 4 heteroatoms. The maximum atomic E-state index is 6.00. The summed E-state index contributed by atoms with van der Waals surface area (Å²) in [6.45, 7) is 6.62. The molecule has 0 fully saturated rings. The van der Waals surface area contributed by atoms with Gasteiger partial charge in [0.15, 0.2) is 0 Å². The first-order valence-electron chi connectivity index (χ1n) is 6.35. The SMILES string of the molecule is CC(C)(C)Sc1ccc(Nc2ccc(Cl)c(Cl)c2)cc1. The van der Waals surface area contributed by atoms with E-state index in [-0.39, 0.29) is 4.75 Å². The van der Waals surface area contributed by atoms with Crippen LogP contribution in [0.1, 0.15) is 20.8 Å². The maximum Gasteiger partial charge on any atom is 0.0612 e. The topological polar surface area (TPSA) is 12.0 Å². The average molecular weight is 326 g/mol. The van der Waals surface area contributed by atoms with Crippen molar-refractivity contribution in [3.63, 3.8) is 0 Å². The molecule has 106 valence electrons. The van der Waals surface area contributed by atoms with E-state index in [0.29, 0.717) is 10.0 Å². The summed E-state index contributed by atoms with van der Waals surface area (Å²) in [5.74, 6) is 0. The van der Waals surface area contributed by atoms with Crippen molar-refractivity contribution in [2.24, 2.45) is 0 Å². The molecule has 0 aromatic heterocycles. The summed E-state index contributed by atoms with van der Waals surface area (Å²) in [7, 11) is 0. The summed E-state index contributed by atoms with van der Waals surface area (Å²) in [6, 6.07) is 13.9. The van der Waals surface area contributed by atoms with E-state index >= 15 is 0 Å². The van der Waals surface area contributed by atoms with E-state index in [1.54, 1.807) is 6.07 Å². The van der Waals surface area contributed by atoms with Crippen LogP contribution in [0.2, 0.25) is 10.0 Å². The number of halogens is 2. The molecule has 0 bridgehead atoms. The van der Waals surface area contributed by atoms with E-state index < -0.39 is 0 Å². The van der Waals surface area contributed by atoms with E-state index in [0.717, 1.165) is 11.4 Å². The van der Waals surface area contributed by atoms with Crippen molar-refractivity contribution in [1.29, 1.82) is 0 Å². The number of thioether (sulfide) groups is 1. The molecule has 0 radical (unpaired) electrons. The minimum atomic E-state index is 0.221. The fourth-order valence-corrected chi connectivity index (χ4v) is 2.98. The highest BCUT2D eigenvalue weighted by molar-refractivity contribution is 8.00. The smallest absolute Gasteiger partial charge is 0.0612 e. The summed E-state index contributed by atoms with van der Waals surface area (Å²) in [5.41, 5.74) is 1.96. The van der Waals surface area contributed by atoms with Gasteiger partial charge in [-0.2, -0.15) is 0 Å². The summed E-state index contributed by atoms with van der Waals surface area (Å²) in [5, 5.41) is 4.43. The van der Waals surface area contributed by atoms with Gasteiger partial charge in [-0.15, -0.1) is 11.8 Å². The van der Waals surface area contributed by atoms with Gasteiger partial charge in [-0.25, -0.2) is 0 Å². The monoisotopic (exact) mass is 325 g/mol. The van der Waals surface area contributed by atoms with Crippen LogP contribution < -0.4 is 5.32 Å². The van der Waals surface area contributed by atoms with Gasteiger partial charge >= 0.3 is 0 Å². The Morgan fingerprint density at radius 3 is 2.00 bits per heavy atom. The molecule has 1 N–H and O–H groups in total. The predicted molar refractivity (Wildman–Crippen MR) is 91.8 cm³/mol. The third-order valence-electron chi connectivity index (χ3n) is 2.49. The lowest BCUT2D eigenvalue weighted by atomic mass is 10.2. The van der Waals surface area contributed by atoms with Crippen LogP contribution in [0.3, 0.4) is 0 Å². The van der Waals surface area contributed by atoms with Gasteiger partial charge in [0.2, 0.25) is 0 Å². The number of anilines is 2. The zero-order valence-electron chi connectivity index (χ0n) is 11.7. The van der Waals surface area contributed by atoms with Gasteiger partial charge in [0.05, 0.1) is 10.0 Å². The van der Waals surface area contributed by atoms with Crippen molar-refractivity contribution in [2.75, 3.05) is 5.32 Å². The second-order valence-corrected chi connectivity index (χ2v) is 8.21. The Morgan fingerprint density at radius 1 is 0.850 bits per heavy atom. The van der Waals surface area contributed by atoms with Crippen LogP contribution in [0, 0.1) is 0 Å². The van der Waals surface area contributed by atoms with E-state index in [1.165, 1.54) is 4.90 Å². The minimum Gasteiger partial charge on any atom is -0.355 e. The van der Waals surface area contributed by atoms with Crippen LogP contribution in [0.15, 0.2) is 47.4 Å². The fourth-order valence-electron chi connectivity index (χ4n) is 1.70. The molecule has 0 aliphatic heterocycles. The summed E-state index contributed by atoms with van der Waals surface area (Å²) in [6.07, 6.45) is 0. The molecule has 2 aromatic carbocycles. The van der Waals surface area contributed by atoms with Crippen LogP contribution in [0.25, 0.3) is 0 Å². The molecule has 0 atom stereocenters. The molecule has 0 aliphatic rings. The third kappa shape index (κ3) is 4.62. The summed E-state index contributed by atoms with van der Waals surface area (Å²) >= 11 is 13.8. The minimum absolute atomic E-state index is 0.221. The second-order valence-electron chi connectivity index (χ2n) is 5.49. The molecule has 0 heterocycles. The zero-order chi connectivity index (χ0) is 14.8. The van der Waals surface area contributed by atoms with E-state index in [4.69, 9.17) is 23.2 Å². The Hall–Kier alpha value is -0.830. The molecule has 0 saturated heterocycles. The van der Waals surface area contributed by atoms with Gasteiger partial charge < -0.3 is 5.32 Å². The Labute approximate surface area is 134 Å². The summed E-state index contributed by atoms with van der Waals surface area (Å²) in [4.78, 5) is 1.26. The van der Waals surface area contributed by atoms with Gasteiger partial charge in [0.25, 0.3) is 0 Å². The van der Waals surface area contributed by atoms with Crippen LogP contribution >= 0.6 is 35.0 Å². The number of nitrogens with one attached hydrogen (secondary N) is 1. The Morgan fingerprint density at radius 2 is 1.45 bits per heavy atom. The molecule has 2 rings (SSSR count). The molecule has 0 spiro atoms. The first-order chi connectivity index (χ1) is 9.33. The lowest BCUT2D eigenvalue weighted by molar-refractivity contribution is 0.803. The standard InChI is InChI=1S/C16H17Cl2NS/c1-16(2,3)20-13-7-4-11(5-8-13)19-12-6-9-14(17)15(18)10-12/h4-10,19H,1-3H3. The largest absolute Gasteiger partial charge is 0.355 e. The third-order valence-corrected chi connectivity index (χ3v) is 4.35. The van der Waals surface area contributed by atoms with E-state index in [2.05, 4.69) is 50.4 Å². The maximum absolute atomic E-state index is 6.00. The van der Waals surface area contributed by atoms with Crippen molar-refractivity contribution >= 4 is 46.3 Å². The van der Waals surface area contributed by atoms with Crippen LogP contribution in [-0.4, -0.2) is 4.75 Å². The molecule has 0 aliphatic carbocycles. The zero-order valence-corrected chi connectivity index (χ0v) is 14.0. The molecule has 0 saturated carbocycles. The fraction of sp³-hybridized carbons (Fsp3) is 0.250. The van der Waals surface area contributed by atoms with Crippen molar-refractivity contribution in [1.82, 2.24) is 0 Å². The predicted octanol–water partition coefficient (Wildman–Crippen LogP) is 6.63. The van der Waals surface area contributed by atoms with Crippen LogP contribution in [-0.2, 0) is 0 Å². The molecule has 20 heavy (non-hydrogen) atoms. The van der Waals surface area contributed by atoms with Gasteiger partial charge in [0.1, 0.15) is 0 Å². The van der Waals surface area contributed by atoms with E-state index in [1.807, 2.05) is 23.9 Å². The number of hydrogen-bond acceptors (Lipinski definition) is 2. The molecule has 1 nitrogen and oxygen atoms in total. The highest BCUT2D eigenvalue weighted by atomic mass is 35.5. The lowest BCUT2D eigenvalue weighted by Crippen LogP contribution is -2.06. The molecule has 0 unspecified atom stereocenters. The van der Waals surface area contributed by atoms with Crippen LogP contribution in [0.5, 0.6) is 0 Å².